The second kappa shape index (κ2) is 3.48. The minimum atomic E-state index is -0.173. The zero-order chi connectivity index (χ0) is 9.14. The topological polar surface area (TPSA) is 12.9 Å². The minimum absolute atomic E-state index is 0.173. The molecule has 0 aliphatic rings. The average Bonchev–Trinajstić information content (AvgIpc) is 2.03. The van der Waals surface area contributed by atoms with Crippen LogP contribution in [0, 0.1) is 6.92 Å². The van der Waals surface area contributed by atoms with E-state index in [-0.39, 0.29) is 5.83 Å². The highest BCUT2D eigenvalue weighted by molar-refractivity contribution is 5.62. The SMILES string of the molecule is C/C(F)=C(\C)c1cc(C)ccn1. The lowest BCUT2D eigenvalue weighted by Gasteiger charge is -2.01. The summed E-state index contributed by atoms with van der Waals surface area (Å²) in [6.45, 7) is 5.14. The molecule has 1 aromatic rings. The maximum absolute atomic E-state index is 12.8. The van der Waals surface area contributed by atoms with E-state index >= 15 is 0 Å². The molecule has 0 amide bonds. The maximum Gasteiger partial charge on any atom is 0.102 e. The molecule has 0 aliphatic heterocycles. The van der Waals surface area contributed by atoms with Gasteiger partial charge in [0, 0.05) is 11.8 Å². The number of hydrogen-bond donors (Lipinski definition) is 0. The van der Waals surface area contributed by atoms with Gasteiger partial charge in [-0.1, -0.05) is 0 Å². The van der Waals surface area contributed by atoms with Crippen molar-refractivity contribution in [3.63, 3.8) is 0 Å². The first-order valence-corrected chi connectivity index (χ1v) is 3.87. The van der Waals surface area contributed by atoms with Gasteiger partial charge in [0.1, 0.15) is 5.83 Å². The standard InChI is InChI=1S/C10H12FN/c1-7-4-5-12-10(6-7)8(2)9(3)11/h4-6H,1-3H3/b9-8-. The first-order chi connectivity index (χ1) is 5.61. The van der Waals surface area contributed by atoms with Crippen molar-refractivity contribution in [1.82, 2.24) is 4.98 Å². The summed E-state index contributed by atoms with van der Waals surface area (Å²) in [5.41, 5.74) is 2.43. The molecule has 0 atom stereocenters. The van der Waals surface area contributed by atoms with E-state index in [1.165, 1.54) is 6.92 Å². The molecule has 0 unspecified atom stereocenters. The van der Waals surface area contributed by atoms with E-state index in [1.54, 1.807) is 13.1 Å². The summed E-state index contributed by atoms with van der Waals surface area (Å²) in [5.74, 6) is -0.173. The van der Waals surface area contributed by atoms with Gasteiger partial charge in [-0.2, -0.15) is 0 Å². The molecule has 12 heavy (non-hydrogen) atoms. The van der Waals surface area contributed by atoms with Gasteiger partial charge in [-0.05, 0) is 38.5 Å². The molecule has 1 heterocycles. The van der Waals surface area contributed by atoms with Crippen molar-refractivity contribution in [2.75, 3.05) is 0 Å². The predicted octanol–water partition coefficient (Wildman–Crippen LogP) is 3.11. The third-order valence-corrected chi connectivity index (χ3v) is 1.82. The first kappa shape index (κ1) is 8.91. The van der Waals surface area contributed by atoms with Crippen LogP contribution in [0.2, 0.25) is 0 Å². The highest BCUT2D eigenvalue weighted by atomic mass is 19.1. The Morgan fingerprint density at radius 2 is 2.08 bits per heavy atom. The van der Waals surface area contributed by atoms with Crippen LogP contribution in [-0.4, -0.2) is 4.98 Å². The van der Waals surface area contributed by atoms with E-state index in [4.69, 9.17) is 0 Å². The molecule has 0 N–H and O–H groups in total. The van der Waals surface area contributed by atoms with Gasteiger partial charge in [0.25, 0.3) is 0 Å². The van der Waals surface area contributed by atoms with Crippen molar-refractivity contribution in [2.24, 2.45) is 0 Å². The Bertz CT molecular complexity index is 311. The summed E-state index contributed by atoms with van der Waals surface area (Å²) in [4.78, 5) is 4.06. The number of aryl methyl sites for hydroxylation is 1. The third kappa shape index (κ3) is 1.91. The molecule has 0 radical (unpaired) electrons. The van der Waals surface area contributed by atoms with Gasteiger partial charge in [0.15, 0.2) is 0 Å². The molecule has 0 aromatic carbocycles. The van der Waals surface area contributed by atoms with Crippen LogP contribution in [0.5, 0.6) is 0 Å². The van der Waals surface area contributed by atoms with Gasteiger partial charge < -0.3 is 0 Å². The van der Waals surface area contributed by atoms with Gasteiger partial charge in [0.05, 0.1) is 5.69 Å². The van der Waals surface area contributed by atoms with Crippen LogP contribution in [0.1, 0.15) is 25.1 Å². The second-order valence-electron chi connectivity index (χ2n) is 2.88. The molecule has 2 heteroatoms. The van der Waals surface area contributed by atoms with Gasteiger partial charge in [-0.3, -0.25) is 4.98 Å². The Balaban J connectivity index is 3.13. The zero-order valence-electron chi connectivity index (χ0n) is 7.56. The van der Waals surface area contributed by atoms with Crippen molar-refractivity contribution in [3.8, 4) is 0 Å². The number of hydrogen-bond acceptors (Lipinski definition) is 1. The summed E-state index contributed by atoms with van der Waals surface area (Å²) in [6, 6.07) is 3.77. The van der Waals surface area contributed by atoms with Crippen LogP contribution < -0.4 is 0 Å². The summed E-state index contributed by atoms with van der Waals surface area (Å²) in [7, 11) is 0. The summed E-state index contributed by atoms with van der Waals surface area (Å²) < 4.78 is 12.8. The van der Waals surface area contributed by atoms with Crippen LogP contribution in [0.4, 0.5) is 4.39 Å². The smallest absolute Gasteiger partial charge is 0.102 e. The fraction of sp³-hybridized carbons (Fsp3) is 0.300. The van der Waals surface area contributed by atoms with Crippen molar-refractivity contribution in [2.45, 2.75) is 20.8 Å². The molecule has 1 aromatic heterocycles. The van der Waals surface area contributed by atoms with E-state index in [0.717, 1.165) is 11.3 Å². The Morgan fingerprint density at radius 3 is 2.58 bits per heavy atom. The van der Waals surface area contributed by atoms with Crippen LogP contribution in [-0.2, 0) is 0 Å². The van der Waals surface area contributed by atoms with Crippen LogP contribution in [0.15, 0.2) is 24.2 Å². The number of halogens is 1. The van der Waals surface area contributed by atoms with Crippen molar-refractivity contribution >= 4 is 5.57 Å². The predicted molar refractivity (Wildman–Crippen MR) is 48.4 cm³/mol. The Kier molecular flexibility index (Phi) is 2.58. The van der Waals surface area contributed by atoms with Gasteiger partial charge in [0.2, 0.25) is 0 Å². The first-order valence-electron chi connectivity index (χ1n) is 3.87. The van der Waals surface area contributed by atoms with Crippen molar-refractivity contribution < 1.29 is 4.39 Å². The fourth-order valence-corrected chi connectivity index (χ4v) is 0.918. The average molecular weight is 165 g/mol. The third-order valence-electron chi connectivity index (χ3n) is 1.82. The molecular weight excluding hydrogens is 153 g/mol. The van der Waals surface area contributed by atoms with E-state index in [0.29, 0.717) is 5.57 Å². The van der Waals surface area contributed by atoms with Gasteiger partial charge >= 0.3 is 0 Å². The summed E-state index contributed by atoms with van der Waals surface area (Å²) >= 11 is 0. The van der Waals surface area contributed by atoms with Crippen molar-refractivity contribution in [1.29, 1.82) is 0 Å². The fourth-order valence-electron chi connectivity index (χ4n) is 0.918. The summed E-state index contributed by atoms with van der Waals surface area (Å²) in [5, 5.41) is 0. The molecule has 0 bridgehead atoms. The molecule has 0 spiro atoms. The Morgan fingerprint density at radius 1 is 1.42 bits per heavy atom. The molecule has 64 valence electrons. The number of nitrogens with zero attached hydrogens (tertiary/aromatic N) is 1. The number of allylic oxidation sites excluding steroid dienone is 2. The maximum atomic E-state index is 12.8. The quantitative estimate of drug-likeness (QED) is 0.623. The molecule has 1 rings (SSSR count). The van der Waals surface area contributed by atoms with Gasteiger partial charge in [-0.15, -0.1) is 0 Å². The van der Waals surface area contributed by atoms with E-state index < -0.39 is 0 Å². The number of pyridine rings is 1. The van der Waals surface area contributed by atoms with Crippen LogP contribution in [0.3, 0.4) is 0 Å². The Labute approximate surface area is 72.0 Å². The minimum Gasteiger partial charge on any atom is -0.257 e. The largest absolute Gasteiger partial charge is 0.257 e. The lowest BCUT2D eigenvalue weighted by Crippen LogP contribution is -1.87. The lowest BCUT2D eigenvalue weighted by atomic mass is 10.1. The molecular formula is C10H12FN. The van der Waals surface area contributed by atoms with Gasteiger partial charge in [-0.25, -0.2) is 4.39 Å². The highest BCUT2D eigenvalue weighted by Crippen LogP contribution is 2.16. The monoisotopic (exact) mass is 165 g/mol. The second-order valence-corrected chi connectivity index (χ2v) is 2.88. The molecule has 0 saturated heterocycles. The van der Waals surface area contributed by atoms with E-state index in [1.807, 2.05) is 19.1 Å². The summed E-state index contributed by atoms with van der Waals surface area (Å²) in [6.07, 6.45) is 1.69. The van der Waals surface area contributed by atoms with Crippen LogP contribution >= 0.6 is 0 Å². The molecule has 1 nitrogen and oxygen atoms in total. The Hall–Kier alpha value is -1.18. The van der Waals surface area contributed by atoms with E-state index in [9.17, 15) is 4.39 Å². The normalized spacial score (nSPS) is 12.7. The molecule has 0 fully saturated rings. The molecule has 0 saturated carbocycles. The highest BCUT2D eigenvalue weighted by Gasteiger charge is 2.00. The number of rotatable bonds is 1. The van der Waals surface area contributed by atoms with Crippen LogP contribution in [0.25, 0.3) is 5.57 Å². The van der Waals surface area contributed by atoms with E-state index in [2.05, 4.69) is 4.98 Å². The zero-order valence-corrected chi connectivity index (χ0v) is 7.56. The number of aromatic nitrogens is 1. The lowest BCUT2D eigenvalue weighted by molar-refractivity contribution is 0.642. The molecule has 0 aliphatic carbocycles. The van der Waals surface area contributed by atoms with Crippen molar-refractivity contribution in [3.05, 3.63) is 35.4 Å².